The van der Waals surface area contributed by atoms with E-state index in [1.165, 1.54) is 0 Å². The van der Waals surface area contributed by atoms with Crippen molar-refractivity contribution in [3.05, 3.63) is 59.7 Å². The molecule has 0 heterocycles. The van der Waals surface area contributed by atoms with Crippen LogP contribution in [0.4, 0.5) is 0 Å². The molecule has 0 radical (unpaired) electrons. The number of likely N-dealkylation sites (N-methyl/N-ethyl adjacent to an activating group) is 2. The van der Waals surface area contributed by atoms with Crippen LogP contribution in [0.1, 0.15) is 33.6 Å². The predicted molar refractivity (Wildman–Crippen MR) is 128 cm³/mol. The van der Waals surface area contributed by atoms with Crippen molar-refractivity contribution < 1.29 is 28.8 Å². The Morgan fingerprint density at radius 2 is 0.906 bits per heavy atom. The van der Waals surface area contributed by atoms with Crippen molar-refractivity contribution in [2.75, 3.05) is 67.6 Å². The molecule has 0 saturated carbocycles. The van der Waals surface area contributed by atoms with Crippen molar-refractivity contribution in [2.45, 2.75) is 12.8 Å². The molecule has 0 spiro atoms. The van der Waals surface area contributed by atoms with E-state index < -0.39 is 0 Å². The third-order valence-corrected chi connectivity index (χ3v) is 6.05. The molecule has 174 valence electrons. The molecule has 0 aliphatic carbocycles. The van der Waals surface area contributed by atoms with Crippen molar-refractivity contribution in [2.24, 2.45) is 0 Å². The first-order chi connectivity index (χ1) is 15.1. The molecule has 2 N–H and O–H groups in total. The number of benzene rings is 2. The summed E-state index contributed by atoms with van der Waals surface area (Å²) >= 11 is 0. The third-order valence-electron chi connectivity index (χ3n) is 6.05. The van der Waals surface area contributed by atoms with E-state index in [4.69, 9.17) is 10.2 Å². The van der Waals surface area contributed by atoms with E-state index in [9.17, 15) is 9.59 Å². The molecule has 6 heteroatoms. The molecule has 2 aromatic rings. The molecule has 2 aromatic carbocycles. The zero-order valence-corrected chi connectivity index (χ0v) is 19.9. The van der Waals surface area contributed by atoms with Crippen LogP contribution in [0.5, 0.6) is 0 Å². The van der Waals surface area contributed by atoms with E-state index in [-0.39, 0.29) is 24.8 Å². The van der Waals surface area contributed by atoms with Gasteiger partial charge in [0.2, 0.25) is 0 Å². The van der Waals surface area contributed by atoms with E-state index in [0.29, 0.717) is 59.1 Å². The quantitative estimate of drug-likeness (QED) is 0.369. The molecular weight excluding hydrogens is 404 g/mol. The normalized spacial score (nSPS) is 12.1. The van der Waals surface area contributed by atoms with Crippen LogP contribution < -0.4 is 0 Å². The lowest BCUT2D eigenvalue weighted by atomic mass is 9.99. The van der Waals surface area contributed by atoms with E-state index in [2.05, 4.69) is 0 Å². The molecule has 0 saturated heterocycles. The fraction of sp³-hybridized carbons (Fsp3) is 0.462. The first-order valence-electron chi connectivity index (χ1n) is 11.2. The Morgan fingerprint density at radius 1 is 0.594 bits per heavy atom. The van der Waals surface area contributed by atoms with Crippen molar-refractivity contribution >= 4 is 11.6 Å². The number of aliphatic hydroxyl groups excluding tert-OH is 2. The van der Waals surface area contributed by atoms with Crippen molar-refractivity contribution in [3.63, 3.8) is 0 Å². The topological polar surface area (TPSA) is 74.6 Å². The lowest BCUT2D eigenvalue weighted by molar-refractivity contribution is -0.890. The van der Waals surface area contributed by atoms with Crippen molar-refractivity contribution in [1.82, 2.24) is 0 Å². The third kappa shape index (κ3) is 7.95. The van der Waals surface area contributed by atoms with Gasteiger partial charge >= 0.3 is 0 Å². The van der Waals surface area contributed by atoms with Crippen LogP contribution in [-0.4, -0.2) is 98.3 Å². The average Bonchev–Trinajstić information content (AvgIpc) is 2.76. The fourth-order valence-electron chi connectivity index (χ4n) is 3.56. The van der Waals surface area contributed by atoms with E-state index in [1.807, 2.05) is 76.7 Å². The van der Waals surface area contributed by atoms with Crippen molar-refractivity contribution in [3.8, 4) is 11.1 Å². The Balaban J connectivity index is 1.97. The maximum Gasteiger partial charge on any atom is 0.168 e. The lowest BCUT2D eigenvalue weighted by Gasteiger charge is -2.28. The van der Waals surface area contributed by atoms with Crippen LogP contribution in [0.15, 0.2) is 48.5 Å². The van der Waals surface area contributed by atoms with Gasteiger partial charge in [0, 0.05) is 11.1 Å². The number of carbonyl (C=O) groups excluding carboxylic acids is 2. The lowest BCUT2D eigenvalue weighted by Crippen LogP contribution is -2.43. The summed E-state index contributed by atoms with van der Waals surface area (Å²) in [5, 5.41) is 18.2. The van der Waals surface area contributed by atoms with E-state index in [0.717, 1.165) is 11.1 Å². The summed E-state index contributed by atoms with van der Waals surface area (Å²) in [6.07, 6.45) is 0.883. The summed E-state index contributed by atoms with van der Waals surface area (Å²) in [6.45, 7) is 2.86. The summed E-state index contributed by atoms with van der Waals surface area (Å²) in [6, 6.07) is 15.2. The van der Waals surface area contributed by atoms with Crippen LogP contribution in [0.25, 0.3) is 11.1 Å². The summed E-state index contributed by atoms with van der Waals surface area (Å²) in [4.78, 5) is 25.0. The molecule has 0 aromatic heterocycles. The van der Waals surface area contributed by atoms with Gasteiger partial charge in [-0.25, -0.2) is 0 Å². The van der Waals surface area contributed by atoms with Crippen LogP contribution >= 0.6 is 0 Å². The summed E-state index contributed by atoms with van der Waals surface area (Å²) < 4.78 is 1.23. The van der Waals surface area contributed by atoms with Gasteiger partial charge in [0.15, 0.2) is 11.6 Å². The maximum atomic E-state index is 12.5. The molecule has 0 fully saturated rings. The molecule has 32 heavy (non-hydrogen) atoms. The van der Waals surface area contributed by atoms with E-state index in [1.54, 1.807) is 0 Å². The van der Waals surface area contributed by atoms with Gasteiger partial charge in [0.05, 0.1) is 67.3 Å². The number of rotatable bonds is 13. The zero-order chi connectivity index (χ0) is 23.8. The van der Waals surface area contributed by atoms with Gasteiger partial charge in [-0.15, -0.1) is 0 Å². The van der Waals surface area contributed by atoms with Gasteiger partial charge in [0.25, 0.3) is 0 Å². The summed E-state index contributed by atoms with van der Waals surface area (Å²) in [5.41, 5.74) is 3.37. The van der Waals surface area contributed by atoms with Gasteiger partial charge in [-0.2, -0.15) is 0 Å². The molecule has 0 aliphatic heterocycles. The number of carbonyl (C=O) groups is 2. The Morgan fingerprint density at radius 3 is 1.19 bits per heavy atom. The Hall–Kier alpha value is -2.38. The smallest absolute Gasteiger partial charge is 0.168 e. The van der Waals surface area contributed by atoms with Gasteiger partial charge in [0.1, 0.15) is 13.1 Å². The number of Topliss-reactive ketones (excluding diaryl/α,β-unsaturated/α-hetero) is 2. The molecule has 0 unspecified atom stereocenters. The Bertz CT molecular complexity index is 812. The highest BCUT2D eigenvalue weighted by Crippen LogP contribution is 2.22. The first kappa shape index (κ1) is 25.9. The second-order valence-electron chi connectivity index (χ2n) is 9.71. The molecule has 2 rings (SSSR count). The SMILES string of the molecule is C[N+](C)(CCO)CCC(=O)c1ccc(-c2ccc(C(=O)CC[N+](C)(C)CCO)cc2)cc1. The molecule has 0 bridgehead atoms. The van der Waals surface area contributed by atoms with Gasteiger partial charge in [-0.05, 0) is 11.1 Å². The minimum absolute atomic E-state index is 0.101. The molecule has 0 atom stereocenters. The van der Waals surface area contributed by atoms with Crippen LogP contribution in [-0.2, 0) is 0 Å². The summed E-state index contributed by atoms with van der Waals surface area (Å²) in [5.74, 6) is 0.202. The minimum atomic E-state index is 0.101. The number of quaternary nitrogens is 2. The molecule has 0 aliphatic rings. The average molecular weight is 443 g/mol. The van der Waals surface area contributed by atoms with Crippen molar-refractivity contribution in [1.29, 1.82) is 0 Å². The standard InChI is InChI=1S/C26H38N2O4/c1-27(2,17-19-29)15-13-25(31)23-9-5-21(6-10-23)22-7-11-24(12-8-22)26(32)14-16-28(3,4)18-20-30/h5-12,29-30H,13-20H2,1-4H3/q+2. The molecule has 0 amide bonds. The molecule has 6 nitrogen and oxygen atoms in total. The highest BCUT2D eigenvalue weighted by molar-refractivity contribution is 5.97. The second kappa shape index (κ2) is 11.5. The fourth-order valence-corrected chi connectivity index (χ4v) is 3.56. The predicted octanol–water partition coefficient (Wildman–Crippen LogP) is 2.64. The van der Waals surface area contributed by atoms with E-state index >= 15 is 0 Å². The van der Waals surface area contributed by atoms with Gasteiger partial charge in [-0.3, -0.25) is 9.59 Å². The number of hydrogen-bond donors (Lipinski definition) is 2. The Labute approximate surface area is 191 Å². The van der Waals surface area contributed by atoms with Crippen LogP contribution in [0, 0.1) is 0 Å². The second-order valence-corrected chi connectivity index (χ2v) is 9.71. The highest BCUT2D eigenvalue weighted by Gasteiger charge is 2.18. The molecular formula is C26H38N2O4+2. The number of ketones is 2. The van der Waals surface area contributed by atoms with Crippen LogP contribution in [0.2, 0.25) is 0 Å². The largest absolute Gasteiger partial charge is 0.391 e. The van der Waals surface area contributed by atoms with Gasteiger partial charge in [-0.1, -0.05) is 48.5 Å². The first-order valence-corrected chi connectivity index (χ1v) is 11.2. The maximum absolute atomic E-state index is 12.5. The highest BCUT2D eigenvalue weighted by atomic mass is 16.3. The monoisotopic (exact) mass is 442 g/mol. The van der Waals surface area contributed by atoms with Gasteiger partial charge < -0.3 is 19.2 Å². The minimum Gasteiger partial charge on any atom is -0.391 e. The number of aliphatic hydroxyl groups is 2. The Kier molecular flexibility index (Phi) is 9.28. The zero-order valence-electron chi connectivity index (χ0n) is 19.9. The van der Waals surface area contributed by atoms with Crippen LogP contribution in [0.3, 0.4) is 0 Å². The number of nitrogens with zero attached hydrogens (tertiary/aromatic N) is 2. The summed E-state index contributed by atoms with van der Waals surface area (Å²) in [7, 11) is 8.04. The number of hydrogen-bond acceptors (Lipinski definition) is 4.